The lowest BCUT2D eigenvalue weighted by Gasteiger charge is -2.26. The van der Waals surface area contributed by atoms with Gasteiger partial charge in [0.15, 0.2) is 5.41 Å². The van der Waals surface area contributed by atoms with Gasteiger partial charge in [-0.1, -0.05) is 42.3 Å². The minimum Gasteiger partial charge on any atom is -0.460 e. The number of carbonyl (C=O) groups is 2. The largest absolute Gasteiger partial charge is 0.460 e. The molecular weight excluding hydrogens is 433 g/mol. The van der Waals surface area contributed by atoms with Crippen LogP contribution >= 0.6 is 0 Å². The van der Waals surface area contributed by atoms with Crippen LogP contribution in [0.3, 0.4) is 0 Å². The molecule has 0 radical (unpaired) electrons. The van der Waals surface area contributed by atoms with E-state index in [9.17, 15) is 14.0 Å². The van der Waals surface area contributed by atoms with Crippen LogP contribution < -0.4 is 0 Å². The number of halogens is 1. The molecule has 0 spiro atoms. The van der Waals surface area contributed by atoms with Crippen LogP contribution in [-0.2, 0) is 26.3 Å². The van der Waals surface area contributed by atoms with E-state index in [-0.39, 0.29) is 30.4 Å². The summed E-state index contributed by atoms with van der Waals surface area (Å²) in [7, 11) is 1.67. The number of likely N-dealkylation sites (tertiary alicyclic amines) is 1. The Balaban J connectivity index is 1.64. The van der Waals surface area contributed by atoms with Crippen LogP contribution in [0.4, 0.5) is 4.39 Å². The second kappa shape index (κ2) is 9.06. The topological polar surface area (TPSA) is 72.4 Å². The fourth-order valence-electron chi connectivity index (χ4n) is 4.04. The summed E-state index contributed by atoms with van der Waals surface area (Å²) in [5, 5.41) is 8.33. The number of nitrogens with zero attached hydrogens (tertiary/aromatic N) is 3. The first-order valence-electron chi connectivity index (χ1n) is 10.8. The van der Waals surface area contributed by atoms with E-state index in [0.717, 1.165) is 5.56 Å². The molecule has 2 heterocycles. The zero-order chi connectivity index (χ0) is 24.3. The summed E-state index contributed by atoms with van der Waals surface area (Å²) in [6.07, 6.45) is 0.200. The highest BCUT2D eigenvalue weighted by atomic mass is 19.1. The van der Waals surface area contributed by atoms with Crippen LogP contribution in [0.15, 0.2) is 66.7 Å². The van der Waals surface area contributed by atoms with Crippen LogP contribution in [0.5, 0.6) is 0 Å². The summed E-state index contributed by atoms with van der Waals surface area (Å²) in [5.74, 6) is 4.23. The fraction of sp³-hybridized carbons (Fsp3) is 0.259. The predicted molar refractivity (Wildman–Crippen MR) is 124 cm³/mol. The molecule has 6 nitrogen and oxygen atoms in total. The van der Waals surface area contributed by atoms with Gasteiger partial charge in [-0.3, -0.25) is 9.59 Å². The molecule has 1 saturated heterocycles. The van der Waals surface area contributed by atoms with Gasteiger partial charge in [0, 0.05) is 24.6 Å². The maximum absolute atomic E-state index is 13.4. The summed E-state index contributed by atoms with van der Waals surface area (Å²) >= 11 is 0. The first-order valence-corrected chi connectivity index (χ1v) is 10.8. The van der Waals surface area contributed by atoms with Crippen molar-refractivity contribution >= 4 is 11.9 Å². The van der Waals surface area contributed by atoms with Gasteiger partial charge in [-0.05, 0) is 55.7 Å². The van der Waals surface area contributed by atoms with Gasteiger partial charge >= 0.3 is 5.97 Å². The van der Waals surface area contributed by atoms with E-state index < -0.39 is 16.9 Å². The standard InChI is InChI=1S/C27H24FN3O3/c1-26(2)18-27(24(32)31(26)3,25(33)34-17-20-8-5-4-6-9-20)23-15-14-22(29-30-23)13-12-19-10-7-11-21(28)16-19/h4-11,14-16H,17-18H2,1-3H3/t27-/m0/s1. The van der Waals surface area contributed by atoms with Crippen molar-refractivity contribution in [1.82, 2.24) is 15.1 Å². The van der Waals surface area contributed by atoms with Crippen molar-refractivity contribution in [1.29, 1.82) is 0 Å². The Kier molecular flexibility index (Phi) is 6.16. The number of hydrogen-bond donors (Lipinski definition) is 0. The Bertz CT molecular complexity index is 1280. The maximum atomic E-state index is 13.4. The number of amides is 1. The molecule has 0 unspecified atom stereocenters. The molecule has 7 heteroatoms. The number of aromatic nitrogens is 2. The lowest BCUT2D eigenvalue weighted by molar-refractivity contribution is -0.156. The maximum Gasteiger partial charge on any atom is 0.328 e. The number of carbonyl (C=O) groups excluding carboxylic acids is 2. The quantitative estimate of drug-likeness (QED) is 0.340. The van der Waals surface area contributed by atoms with Crippen molar-refractivity contribution in [2.24, 2.45) is 0 Å². The summed E-state index contributed by atoms with van der Waals surface area (Å²) in [6, 6.07) is 18.4. The highest BCUT2D eigenvalue weighted by Crippen LogP contribution is 2.44. The van der Waals surface area contributed by atoms with Gasteiger partial charge in [0.05, 0.1) is 5.69 Å². The number of rotatable bonds is 4. The summed E-state index contributed by atoms with van der Waals surface area (Å²) in [6.45, 7) is 3.83. The Morgan fingerprint density at radius 1 is 1.06 bits per heavy atom. The van der Waals surface area contributed by atoms with Crippen LogP contribution in [0.25, 0.3) is 0 Å². The number of benzene rings is 2. The zero-order valence-corrected chi connectivity index (χ0v) is 19.2. The molecule has 34 heavy (non-hydrogen) atoms. The highest BCUT2D eigenvalue weighted by Gasteiger charge is 2.62. The molecule has 0 saturated carbocycles. The van der Waals surface area contributed by atoms with Crippen molar-refractivity contribution in [2.45, 2.75) is 37.8 Å². The predicted octanol–water partition coefficient (Wildman–Crippen LogP) is 3.64. The molecule has 1 aliphatic rings. The molecule has 1 atom stereocenters. The van der Waals surface area contributed by atoms with Crippen molar-refractivity contribution in [3.05, 3.63) is 95.1 Å². The third kappa shape index (κ3) is 4.40. The normalized spacial score (nSPS) is 18.8. The molecule has 0 aliphatic carbocycles. The molecule has 4 rings (SSSR count). The van der Waals surface area contributed by atoms with Gasteiger partial charge < -0.3 is 9.64 Å². The monoisotopic (exact) mass is 457 g/mol. The molecule has 0 bridgehead atoms. The van der Waals surface area contributed by atoms with Crippen molar-refractivity contribution in [3.63, 3.8) is 0 Å². The summed E-state index contributed by atoms with van der Waals surface area (Å²) in [4.78, 5) is 28.4. The minimum absolute atomic E-state index is 0.0451. The van der Waals surface area contributed by atoms with Gasteiger partial charge in [-0.15, -0.1) is 5.10 Å². The first kappa shape index (κ1) is 23.1. The molecule has 1 aromatic heterocycles. The lowest BCUT2D eigenvalue weighted by atomic mass is 9.78. The van der Waals surface area contributed by atoms with E-state index in [0.29, 0.717) is 11.3 Å². The molecule has 1 aliphatic heterocycles. The second-order valence-electron chi connectivity index (χ2n) is 8.88. The van der Waals surface area contributed by atoms with Crippen LogP contribution in [0.1, 0.15) is 42.8 Å². The molecule has 3 aromatic rings. The van der Waals surface area contributed by atoms with E-state index in [1.54, 1.807) is 36.2 Å². The lowest BCUT2D eigenvalue weighted by Crippen LogP contribution is -2.45. The average Bonchev–Trinajstić information content (AvgIpc) is 3.03. The average molecular weight is 458 g/mol. The molecule has 1 fully saturated rings. The Morgan fingerprint density at radius 3 is 2.44 bits per heavy atom. The molecule has 172 valence electrons. The van der Waals surface area contributed by atoms with Gasteiger partial charge in [0.1, 0.15) is 18.1 Å². The van der Waals surface area contributed by atoms with Crippen LogP contribution in [-0.4, -0.2) is 39.6 Å². The van der Waals surface area contributed by atoms with Crippen molar-refractivity contribution in [3.8, 4) is 11.8 Å². The van der Waals surface area contributed by atoms with E-state index in [2.05, 4.69) is 22.0 Å². The summed E-state index contributed by atoms with van der Waals surface area (Å²) < 4.78 is 19.0. The smallest absolute Gasteiger partial charge is 0.328 e. The Labute approximate surface area is 197 Å². The molecule has 0 N–H and O–H groups in total. The SMILES string of the molecule is CN1C(=O)[C@@](C(=O)OCc2ccccc2)(c2ccc(C#Cc3cccc(F)c3)nn2)CC1(C)C. The molecule has 1 amide bonds. The Hall–Kier alpha value is -4.05. The van der Waals surface area contributed by atoms with Crippen LogP contribution in [0, 0.1) is 17.7 Å². The summed E-state index contributed by atoms with van der Waals surface area (Å²) in [5.41, 5.74) is -0.322. The third-order valence-corrected chi connectivity index (χ3v) is 6.10. The van der Waals surface area contributed by atoms with Gasteiger partial charge in [0.2, 0.25) is 5.91 Å². The van der Waals surface area contributed by atoms with E-state index in [1.165, 1.54) is 12.1 Å². The van der Waals surface area contributed by atoms with Gasteiger partial charge in [0.25, 0.3) is 0 Å². The molecule has 2 aromatic carbocycles. The van der Waals surface area contributed by atoms with Gasteiger partial charge in [-0.25, -0.2) is 4.39 Å². The number of hydrogen-bond acceptors (Lipinski definition) is 5. The number of likely N-dealkylation sites (N-methyl/N-ethyl adjacent to an activating group) is 1. The highest BCUT2D eigenvalue weighted by molar-refractivity contribution is 6.10. The Morgan fingerprint density at radius 2 is 1.82 bits per heavy atom. The van der Waals surface area contributed by atoms with E-state index >= 15 is 0 Å². The first-order chi connectivity index (χ1) is 16.2. The zero-order valence-electron chi connectivity index (χ0n) is 19.2. The van der Waals surface area contributed by atoms with E-state index in [1.807, 2.05) is 44.2 Å². The number of ether oxygens (including phenoxy) is 1. The van der Waals surface area contributed by atoms with E-state index in [4.69, 9.17) is 4.74 Å². The van der Waals surface area contributed by atoms with Crippen LogP contribution in [0.2, 0.25) is 0 Å². The third-order valence-electron chi connectivity index (χ3n) is 6.10. The molecular formula is C27H24FN3O3. The minimum atomic E-state index is -1.60. The van der Waals surface area contributed by atoms with Crippen molar-refractivity contribution < 1.29 is 18.7 Å². The van der Waals surface area contributed by atoms with Crippen molar-refractivity contribution in [2.75, 3.05) is 7.05 Å². The fourth-order valence-corrected chi connectivity index (χ4v) is 4.04. The number of esters is 1. The second-order valence-corrected chi connectivity index (χ2v) is 8.88. The van der Waals surface area contributed by atoms with Gasteiger partial charge in [-0.2, -0.15) is 5.10 Å².